The smallest absolute Gasteiger partial charge is 0.0446 e. The first-order valence-electron chi connectivity index (χ1n) is 3.46. The molecule has 1 atom stereocenters. The van der Waals surface area contributed by atoms with Crippen LogP contribution in [0, 0.1) is 0 Å². The summed E-state index contributed by atoms with van der Waals surface area (Å²) in [7, 11) is 0. The highest BCUT2D eigenvalue weighted by atomic mass is 16.5. The Morgan fingerprint density at radius 2 is 1.80 bits per heavy atom. The van der Waals surface area contributed by atoms with E-state index in [4.69, 9.17) is 15.4 Å². The number of hydroxylamine groups is 1. The molecule has 0 aliphatic rings. The van der Waals surface area contributed by atoms with Crippen molar-refractivity contribution in [3.8, 4) is 0 Å². The lowest BCUT2D eigenvalue weighted by atomic mass is 10.1. The first kappa shape index (κ1) is 9.84. The Kier molecular flexibility index (Phi) is 6.84. The second-order valence-electron chi connectivity index (χ2n) is 2.20. The average molecular weight is 149 g/mol. The van der Waals surface area contributed by atoms with Crippen LogP contribution < -0.4 is 5.48 Å². The third-order valence-corrected chi connectivity index (χ3v) is 1.37. The van der Waals surface area contributed by atoms with Crippen LogP contribution in [0.2, 0.25) is 0 Å². The molecule has 0 aliphatic carbocycles. The van der Waals surface area contributed by atoms with E-state index in [1.165, 1.54) is 0 Å². The summed E-state index contributed by atoms with van der Waals surface area (Å²) in [5, 5.41) is 25.3. The Morgan fingerprint density at radius 1 is 1.10 bits per heavy atom. The molecule has 0 spiro atoms. The van der Waals surface area contributed by atoms with Gasteiger partial charge in [-0.05, 0) is 19.3 Å². The van der Waals surface area contributed by atoms with Crippen LogP contribution in [0.5, 0.6) is 0 Å². The molecule has 4 heteroatoms. The molecule has 0 aromatic heterocycles. The van der Waals surface area contributed by atoms with Crippen LogP contribution in [0.15, 0.2) is 0 Å². The number of hydrogen-bond donors (Lipinski definition) is 4. The predicted molar refractivity (Wildman–Crippen MR) is 36.7 cm³/mol. The molecule has 0 aromatic rings. The third-order valence-electron chi connectivity index (χ3n) is 1.37. The summed E-state index contributed by atoms with van der Waals surface area (Å²) in [6.45, 7) is 0.188. The van der Waals surface area contributed by atoms with Crippen molar-refractivity contribution in [3.63, 3.8) is 0 Å². The number of hydrogen-bond acceptors (Lipinski definition) is 4. The minimum absolute atomic E-state index is 0.0592. The molecular weight excluding hydrogens is 134 g/mol. The molecule has 4 N–H and O–H groups in total. The van der Waals surface area contributed by atoms with Gasteiger partial charge in [0.1, 0.15) is 0 Å². The second kappa shape index (κ2) is 6.95. The quantitative estimate of drug-likeness (QED) is 0.384. The molecule has 10 heavy (non-hydrogen) atoms. The van der Waals surface area contributed by atoms with E-state index in [-0.39, 0.29) is 19.3 Å². The van der Waals surface area contributed by atoms with Gasteiger partial charge in [0, 0.05) is 19.3 Å². The molecule has 0 fully saturated rings. The Morgan fingerprint density at radius 3 is 2.20 bits per heavy atom. The molecular formula is C6H15NO3. The van der Waals surface area contributed by atoms with E-state index < -0.39 is 0 Å². The summed E-state index contributed by atoms with van der Waals surface area (Å²) >= 11 is 0. The summed E-state index contributed by atoms with van der Waals surface area (Å²) < 4.78 is 0. The second-order valence-corrected chi connectivity index (χ2v) is 2.20. The topological polar surface area (TPSA) is 72.7 Å². The SMILES string of the molecule is OCCCC(CCO)NO. The standard InChI is InChI=1S/C6H15NO3/c8-4-1-2-6(7-10)3-5-9/h6-10H,1-5H2. The summed E-state index contributed by atoms with van der Waals surface area (Å²) in [5.74, 6) is 0. The van der Waals surface area contributed by atoms with Crippen molar-refractivity contribution in [3.05, 3.63) is 0 Å². The van der Waals surface area contributed by atoms with Crippen LogP contribution >= 0.6 is 0 Å². The normalized spacial score (nSPS) is 13.5. The zero-order chi connectivity index (χ0) is 7.82. The minimum atomic E-state index is -0.0860. The van der Waals surface area contributed by atoms with E-state index in [2.05, 4.69) is 5.48 Å². The van der Waals surface area contributed by atoms with Crippen molar-refractivity contribution in [2.24, 2.45) is 0 Å². The Bertz CT molecular complexity index is 70.0. The molecule has 62 valence electrons. The lowest BCUT2D eigenvalue weighted by molar-refractivity contribution is 0.101. The molecule has 0 rings (SSSR count). The molecule has 1 unspecified atom stereocenters. The van der Waals surface area contributed by atoms with E-state index >= 15 is 0 Å². The maximum absolute atomic E-state index is 8.45. The number of aliphatic hydroxyl groups excluding tert-OH is 2. The minimum Gasteiger partial charge on any atom is -0.396 e. The fourth-order valence-electron chi connectivity index (χ4n) is 0.767. The number of rotatable bonds is 6. The Balaban J connectivity index is 3.21. The first-order valence-corrected chi connectivity index (χ1v) is 3.46. The summed E-state index contributed by atoms with van der Waals surface area (Å²) in [4.78, 5) is 0. The number of aliphatic hydroxyl groups is 2. The molecule has 0 bridgehead atoms. The third kappa shape index (κ3) is 4.69. The maximum atomic E-state index is 8.45. The number of nitrogens with one attached hydrogen (secondary N) is 1. The van der Waals surface area contributed by atoms with Crippen molar-refractivity contribution in [1.29, 1.82) is 0 Å². The molecule has 0 saturated heterocycles. The van der Waals surface area contributed by atoms with Gasteiger partial charge in [0.05, 0.1) is 0 Å². The Labute approximate surface area is 60.5 Å². The van der Waals surface area contributed by atoms with Crippen molar-refractivity contribution in [2.45, 2.75) is 25.3 Å². The van der Waals surface area contributed by atoms with Crippen LogP contribution in [0.3, 0.4) is 0 Å². The highest BCUT2D eigenvalue weighted by Crippen LogP contribution is 1.99. The van der Waals surface area contributed by atoms with Crippen LogP contribution in [0.25, 0.3) is 0 Å². The summed E-state index contributed by atoms with van der Waals surface area (Å²) in [6.07, 6.45) is 1.86. The molecule has 0 radical (unpaired) electrons. The van der Waals surface area contributed by atoms with Gasteiger partial charge in [-0.15, -0.1) is 0 Å². The van der Waals surface area contributed by atoms with Crippen molar-refractivity contribution in [1.82, 2.24) is 5.48 Å². The molecule has 0 aromatic carbocycles. The Hall–Kier alpha value is -0.160. The van der Waals surface area contributed by atoms with Crippen molar-refractivity contribution >= 4 is 0 Å². The zero-order valence-electron chi connectivity index (χ0n) is 5.95. The summed E-state index contributed by atoms with van der Waals surface area (Å²) in [6, 6.07) is -0.0860. The fourth-order valence-corrected chi connectivity index (χ4v) is 0.767. The molecule has 4 nitrogen and oxygen atoms in total. The van der Waals surface area contributed by atoms with Gasteiger partial charge in [-0.3, -0.25) is 0 Å². The lowest BCUT2D eigenvalue weighted by Gasteiger charge is -2.11. The van der Waals surface area contributed by atoms with Gasteiger partial charge in [-0.25, -0.2) is 5.48 Å². The largest absolute Gasteiger partial charge is 0.396 e. The average Bonchev–Trinajstić information content (AvgIpc) is 1.98. The van der Waals surface area contributed by atoms with Gasteiger partial charge in [0.25, 0.3) is 0 Å². The van der Waals surface area contributed by atoms with Gasteiger partial charge < -0.3 is 15.4 Å². The molecule has 0 amide bonds. The lowest BCUT2D eigenvalue weighted by Crippen LogP contribution is -2.26. The van der Waals surface area contributed by atoms with Crippen LogP contribution in [-0.2, 0) is 0 Å². The van der Waals surface area contributed by atoms with Gasteiger partial charge >= 0.3 is 0 Å². The van der Waals surface area contributed by atoms with Gasteiger partial charge in [-0.2, -0.15) is 0 Å². The predicted octanol–water partition coefficient (Wildman–Crippen LogP) is -0.511. The van der Waals surface area contributed by atoms with E-state index in [9.17, 15) is 0 Å². The molecule has 0 saturated carbocycles. The van der Waals surface area contributed by atoms with Gasteiger partial charge in [0.15, 0.2) is 0 Å². The molecule has 0 aliphatic heterocycles. The monoisotopic (exact) mass is 149 g/mol. The van der Waals surface area contributed by atoms with E-state index in [0.717, 1.165) is 0 Å². The summed E-state index contributed by atoms with van der Waals surface area (Å²) in [5.41, 5.74) is 2.07. The highest BCUT2D eigenvalue weighted by molar-refractivity contribution is 4.60. The highest BCUT2D eigenvalue weighted by Gasteiger charge is 2.04. The van der Waals surface area contributed by atoms with Crippen molar-refractivity contribution < 1.29 is 15.4 Å². The van der Waals surface area contributed by atoms with Gasteiger partial charge in [0.2, 0.25) is 0 Å². The molecule has 0 heterocycles. The first-order chi connectivity index (χ1) is 4.85. The zero-order valence-corrected chi connectivity index (χ0v) is 5.95. The van der Waals surface area contributed by atoms with Gasteiger partial charge in [-0.1, -0.05) is 0 Å². The van der Waals surface area contributed by atoms with E-state index in [1.807, 2.05) is 0 Å². The van der Waals surface area contributed by atoms with E-state index in [1.54, 1.807) is 0 Å². The van der Waals surface area contributed by atoms with Crippen molar-refractivity contribution in [2.75, 3.05) is 13.2 Å². The fraction of sp³-hybridized carbons (Fsp3) is 1.00. The van der Waals surface area contributed by atoms with Crippen LogP contribution in [-0.4, -0.2) is 34.7 Å². The van der Waals surface area contributed by atoms with E-state index in [0.29, 0.717) is 19.3 Å². The maximum Gasteiger partial charge on any atom is 0.0446 e. The van der Waals surface area contributed by atoms with Crippen LogP contribution in [0.1, 0.15) is 19.3 Å². The van der Waals surface area contributed by atoms with Crippen LogP contribution in [0.4, 0.5) is 0 Å².